The smallest absolute Gasteiger partial charge is 0.111 e. The van der Waals surface area contributed by atoms with Crippen LogP contribution in [-0.4, -0.2) is 31.8 Å². The summed E-state index contributed by atoms with van der Waals surface area (Å²) in [4.78, 5) is 4.25. The van der Waals surface area contributed by atoms with E-state index in [-0.39, 0.29) is 6.10 Å². The van der Waals surface area contributed by atoms with Crippen LogP contribution < -0.4 is 0 Å². The van der Waals surface area contributed by atoms with Gasteiger partial charge in [0.15, 0.2) is 0 Å². The molecule has 1 N–H and O–H groups in total. The summed E-state index contributed by atoms with van der Waals surface area (Å²) < 4.78 is 2.07. The van der Waals surface area contributed by atoms with Crippen LogP contribution in [0.25, 0.3) is 0 Å². The van der Waals surface area contributed by atoms with E-state index in [2.05, 4.69) is 30.3 Å². The zero-order valence-electron chi connectivity index (χ0n) is 9.68. The van der Waals surface area contributed by atoms with Crippen molar-refractivity contribution < 1.29 is 5.11 Å². The maximum atomic E-state index is 9.82. The second kappa shape index (κ2) is 6.18. The molecule has 0 aliphatic heterocycles. The summed E-state index contributed by atoms with van der Waals surface area (Å²) in [5.41, 5.74) is 0. The molecule has 1 rings (SSSR count). The Morgan fingerprint density at radius 3 is 2.87 bits per heavy atom. The number of aryl methyl sites for hydroxylation is 1. The average Bonchev–Trinajstić information content (AvgIpc) is 2.62. The Hall–Kier alpha value is -0.480. The summed E-state index contributed by atoms with van der Waals surface area (Å²) in [5, 5.41) is 10.4. The van der Waals surface area contributed by atoms with Gasteiger partial charge in [-0.1, -0.05) is 13.8 Å². The molecule has 0 bridgehead atoms. The van der Waals surface area contributed by atoms with Gasteiger partial charge in [-0.3, -0.25) is 0 Å². The van der Waals surface area contributed by atoms with Crippen molar-refractivity contribution in [3.63, 3.8) is 0 Å². The monoisotopic (exact) mass is 228 g/mol. The molecule has 1 heterocycles. The molecular formula is C11H20N2OS. The molecule has 0 spiro atoms. The third-order valence-electron chi connectivity index (χ3n) is 2.18. The van der Waals surface area contributed by atoms with E-state index in [0.717, 1.165) is 18.1 Å². The van der Waals surface area contributed by atoms with E-state index < -0.39 is 0 Å². The topological polar surface area (TPSA) is 38.0 Å². The Morgan fingerprint density at radius 1 is 1.53 bits per heavy atom. The minimum atomic E-state index is -0.287. The number of thioether (sulfide) groups is 1. The lowest BCUT2D eigenvalue weighted by molar-refractivity contribution is 0.196. The lowest BCUT2D eigenvalue weighted by Crippen LogP contribution is -2.17. The van der Waals surface area contributed by atoms with Crippen molar-refractivity contribution in [1.29, 1.82) is 0 Å². The van der Waals surface area contributed by atoms with Gasteiger partial charge in [-0.2, -0.15) is 11.8 Å². The molecule has 0 aromatic carbocycles. The summed E-state index contributed by atoms with van der Waals surface area (Å²) in [5.74, 6) is 1.77. The average molecular weight is 228 g/mol. The van der Waals surface area contributed by atoms with Gasteiger partial charge in [-0.05, 0) is 12.2 Å². The van der Waals surface area contributed by atoms with Crippen LogP contribution in [0.5, 0.6) is 0 Å². The number of nitrogens with zero attached hydrogens (tertiary/aromatic N) is 2. The van der Waals surface area contributed by atoms with Gasteiger partial charge in [0.1, 0.15) is 5.82 Å². The SMILES string of the molecule is CCn1ccnc1CC(O)CSC(C)C. The number of rotatable bonds is 6. The van der Waals surface area contributed by atoms with Crippen LogP contribution in [0.3, 0.4) is 0 Å². The van der Waals surface area contributed by atoms with Crippen LogP contribution in [0.1, 0.15) is 26.6 Å². The van der Waals surface area contributed by atoms with Gasteiger partial charge in [0.2, 0.25) is 0 Å². The van der Waals surface area contributed by atoms with Gasteiger partial charge in [0, 0.05) is 31.1 Å². The maximum Gasteiger partial charge on any atom is 0.111 e. The van der Waals surface area contributed by atoms with Crippen molar-refractivity contribution in [3.8, 4) is 0 Å². The maximum absolute atomic E-state index is 9.82. The fourth-order valence-corrected chi connectivity index (χ4v) is 2.12. The number of aliphatic hydroxyl groups excluding tert-OH is 1. The molecule has 1 aromatic heterocycles. The van der Waals surface area contributed by atoms with Crippen LogP contribution in [0.2, 0.25) is 0 Å². The van der Waals surface area contributed by atoms with Crippen LogP contribution in [-0.2, 0) is 13.0 Å². The molecular weight excluding hydrogens is 208 g/mol. The molecule has 0 saturated carbocycles. The number of hydrogen-bond donors (Lipinski definition) is 1. The number of aliphatic hydroxyl groups is 1. The molecule has 4 heteroatoms. The molecule has 1 unspecified atom stereocenters. The minimum absolute atomic E-state index is 0.287. The van der Waals surface area contributed by atoms with Gasteiger partial charge in [0.05, 0.1) is 6.10 Å². The highest BCUT2D eigenvalue weighted by Crippen LogP contribution is 2.12. The molecule has 3 nitrogen and oxygen atoms in total. The predicted octanol–water partition coefficient (Wildman–Crippen LogP) is 1.95. The van der Waals surface area contributed by atoms with Crippen LogP contribution in [0.15, 0.2) is 12.4 Å². The highest BCUT2D eigenvalue weighted by molar-refractivity contribution is 7.99. The Bertz CT molecular complexity index is 286. The molecule has 0 aliphatic rings. The van der Waals surface area contributed by atoms with Crippen LogP contribution in [0.4, 0.5) is 0 Å². The molecule has 1 atom stereocenters. The zero-order valence-corrected chi connectivity index (χ0v) is 10.5. The quantitative estimate of drug-likeness (QED) is 0.808. The van der Waals surface area contributed by atoms with Crippen LogP contribution >= 0.6 is 11.8 Å². The van der Waals surface area contributed by atoms with E-state index in [1.54, 1.807) is 18.0 Å². The van der Waals surface area contributed by atoms with Crippen LogP contribution in [0, 0.1) is 0 Å². The number of aromatic nitrogens is 2. The summed E-state index contributed by atoms with van der Waals surface area (Å²) in [6, 6.07) is 0. The zero-order chi connectivity index (χ0) is 11.3. The highest BCUT2D eigenvalue weighted by Gasteiger charge is 2.10. The largest absolute Gasteiger partial charge is 0.392 e. The molecule has 0 saturated heterocycles. The first-order valence-electron chi connectivity index (χ1n) is 5.43. The second-order valence-electron chi connectivity index (χ2n) is 3.87. The Balaban J connectivity index is 2.40. The van der Waals surface area contributed by atoms with Crippen molar-refractivity contribution in [1.82, 2.24) is 9.55 Å². The van der Waals surface area contributed by atoms with Crippen molar-refractivity contribution in [3.05, 3.63) is 18.2 Å². The molecule has 15 heavy (non-hydrogen) atoms. The van der Waals surface area contributed by atoms with Gasteiger partial charge in [-0.15, -0.1) is 0 Å². The van der Waals surface area contributed by atoms with Crippen molar-refractivity contribution in [2.45, 2.75) is 45.1 Å². The molecule has 1 aromatic rings. The normalized spacial score (nSPS) is 13.4. The fourth-order valence-electron chi connectivity index (χ4n) is 1.39. The van der Waals surface area contributed by atoms with Crippen molar-refractivity contribution in [2.75, 3.05) is 5.75 Å². The first-order chi connectivity index (χ1) is 7.13. The molecule has 0 radical (unpaired) electrons. The second-order valence-corrected chi connectivity index (χ2v) is 5.48. The Kier molecular flexibility index (Phi) is 5.19. The van der Waals surface area contributed by atoms with E-state index in [4.69, 9.17) is 0 Å². The summed E-state index contributed by atoms with van der Waals surface area (Å²) >= 11 is 1.79. The summed E-state index contributed by atoms with van der Waals surface area (Å²) in [6.45, 7) is 7.29. The van der Waals surface area contributed by atoms with Gasteiger partial charge < -0.3 is 9.67 Å². The van der Waals surface area contributed by atoms with E-state index >= 15 is 0 Å². The molecule has 0 aliphatic carbocycles. The van der Waals surface area contributed by atoms with E-state index in [1.807, 2.05) is 6.20 Å². The lowest BCUT2D eigenvalue weighted by Gasteiger charge is -2.12. The molecule has 0 amide bonds. The van der Waals surface area contributed by atoms with Gasteiger partial charge in [-0.25, -0.2) is 4.98 Å². The number of hydrogen-bond acceptors (Lipinski definition) is 3. The van der Waals surface area contributed by atoms with Crippen molar-refractivity contribution >= 4 is 11.8 Å². The van der Waals surface area contributed by atoms with Gasteiger partial charge in [0.25, 0.3) is 0 Å². The van der Waals surface area contributed by atoms with E-state index in [0.29, 0.717) is 11.7 Å². The third-order valence-corrected chi connectivity index (χ3v) is 3.43. The standard InChI is InChI=1S/C11H20N2OS/c1-4-13-6-5-12-11(13)7-10(14)8-15-9(2)3/h5-6,9-10,14H,4,7-8H2,1-3H3. The first kappa shape index (κ1) is 12.6. The third kappa shape index (κ3) is 4.26. The predicted molar refractivity (Wildman–Crippen MR) is 65.2 cm³/mol. The summed E-state index contributed by atoms with van der Waals surface area (Å²) in [6.07, 6.45) is 4.12. The van der Waals surface area contributed by atoms with E-state index in [1.165, 1.54) is 0 Å². The minimum Gasteiger partial charge on any atom is -0.392 e. The summed E-state index contributed by atoms with van der Waals surface area (Å²) in [7, 11) is 0. The molecule has 86 valence electrons. The first-order valence-corrected chi connectivity index (χ1v) is 6.48. The molecule has 0 fully saturated rings. The fraction of sp³-hybridized carbons (Fsp3) is 0.727. The van der Waals surface area contributed by atoms with Gasteiger partial charge >= 0.3 is 0 Å². The highest BCUT2D eigenvalue weighted by atomic mass is 32.2. The number of imidazole rings is 1. The van der Waals surface area contributed by atoms with E-state index in [9.17, 15) is 5.11 Å². The Morgan fingerprint density at radius 2 is 2.27 bits per heavy atom. The lowest BCUT2D eigenvalue weighted by atomic mass is 10.3. The Labute approximate surface area is 95.9 Å². The van der Waals surface area contributed by atoms with Crippen molar-refractivity contribution in [2.24, 2.45) is 0 Å².